The molecule has 0 saturated carbocycles. The molecule has 0 aliphatic carbocycles. The van der Waals surface area contributed by atoms with Crippen LogP contribution in [0.4, 0.5) is 0 Å². The van der Waals surface area contributed by atoms with Crippen molar-refractivity contribution in [1.29, 1.82) is 0 Å². The molecular weight excluding hydrogens is 210 g/mol. The molecule has 2 heterocycles. The molecule has 17 heavy (non-hydrogen) atoms. The maximum atomic E-state index is 4.72. The van der Waals surface area contributed by atoms with Gasteiger partial charge in [0.25, 0.3) is 0 Å². The van der Waals surface area contributed by atoms with Crippen molar-refractivity contribution in [3.05, 3.63) is 30.1 Å². The first kappa shape index (κ1) is 10.8. The molecule has 90 valence electrons. The van der Waals surface area contributed by atoms with Crippen LogP contribution in [0.25, 0.3) is 11.0 Å². The van der Waals surface area contributed by atoms with Crippen LogP contribution in [0.3, 0.4) is 0 Å². The number of hydrogen-bond donors (Lipinski definition) is 0. The van der Waals surface area contributed by atoms with E-state index in [1.54, 1.807) is 0 Å². The highest BCUT2D eigenvalue weighted by Crippen LogP contribution is 2.20. The van der Waals surface area contributed by atoms with E-state index in [-0.39, 0.29) is 0 Å². The summed E-state index contributed by atoms with van der Waals surface area (Å²) in [5, 5.41) is 0. The number of imidazole rings is 1. The van der Waals surface area contributed by atoms with Gasteiger partial charge in [-0.15, -0.1) is 0 Å². The second-order valence-electron chi connectivity index (χ2n) is 5.20. The molecule has 1 aliphatic heterocycles. The van der Waals surface area contributed by atoms with Crippen LogP contribution in [0.15, 0.2) is 24.3 Å². The molecule has 0 unspecified atom stereocenters. The van der Waals surface area contributed by atoms with Gasteiger partial charge >= 0.3 is 0 Å². The number of rotatable bonds is 2. The molecule has 1 aromatic heterocycles. The molecule has 3 nitrogen and oxygen atoms in total. The maximum absolute atomic E-state index is 4.72. The Labute approximate surface area is 102 Å². The molecule has 1 atom stereocenters. The number of nitrogens with zero attached hydrogens (tertiary/aromatic N) is 3. The molecule has 3 rings (SSSR count). The van der Waals surface area contributed by atoms with E-state index in [9.17, 15) is 0 Å². The van der Waals surface area contributed by atoms with Crippen LogP contribution in [0.2, 0.25) is 0 Å². The third-order valence-electron chi connectivity index (χ3n) is 3.75. The SMILES string of the molecule is C[C@@H]1CCN(Cc2nc3ccccc3n2C)C1. The summed E-state index contributed by atoms with van der Waals surface area (Å²) in [6.07, 6.45) is 1.32. The van der Waals surface area contributed by atoms with E-state index in [0.29, 0.717) is 0 Å². The van der Waals surface area contributed by atoms with Gasteiger partial charge < -0.3 is 4.57 Å². The summed E-state index contributed by atoms with van der Waals surface area (Å²) in [7, 11) is 2.12. The van der Waals surface area contributed by atoms with E-state index in [1.807, 2.05) is 0 Å². The Balaban J connectivity index is 1.88. The topological polar surface area (TPSA) is 21.1 Å². The van der Waals surface area contributed by atoms with Crippen molar-refractivity contribution in [3.63, 3.8) is 0 Å². The first-order valence-electron chi connectivity index (χ1n) is 6.37. The average Bonchev–Trinajstić information content (AvgIpc) is 2.86. The van der Waals surface area contributed by atoms with Crippen LogP contribution >= 0.6 is 0 Å². The average molecular weight is 229 g/mol. The molecule has 0 spiro atoms. The molecule has 0 radical (unpaired) electrons. The summed E-state index contributed by atoms with van der Waals surface area (Å²) in [6.45, 7) is 5.73. The van der Waals surface area contributed by atoms with E-state index in [1.165, 1.54) is 30.9 Å². The molecule has 0 N–H and O–H groups in total. The standard InChI is InChI=1S/C14H19N3/c1-11-7-8-17(9-11)10-14-15-12-5-3-4-6-13(12)16(14)2/h3-6,11H,7-10H2,1-2H3/t11-/m1/s1. The molecule has 2 aromatic rings. The van der Waals surface area contributed by atoms with Gasteiger partial charge in [0.2, 0.25) is 0 Å². The number of hydrogen-bond acceptors (Lipinski definition) is 2. The van der Waals surface area contributed by atoms with Crippen molar-refractivity contribution >= 4 is 11.0 Å². The van der Waals surface area contributed by atoms with Crippen LogP contribution in [-0.2, 0) is 13.6 Å². The van der Waals surface area contributed by atoms with Crippen LogP contribution in [0.1, 0.15) is 19.2 Å². The number of para-hydroxylation sites is 2. The lowest BCUT2D eigenvalue weighted by Gasteiger charge is -2.14. The molecule has 1 saturated heterocycles. The van der Waals surface area contributed by atoms with Crippen molar-refractivity contribution in [2.24, 2.45) is 13.0 Å². The van der Waals surface area contributed by atoms with E-state index in [0.717, 1.165) is 18.0 Å². The van der Waals surface area contributed by atoms with Gasteiger partial charge in [-0.2, -0.15) is 0 Å². The molecule has 0 amide bonds. The molecule has 1 fully saturated rings. The first-order chi connectivity index (χ1) is 8.24. The fourth-order valence-corrected chi connectivity index (χ4v) is 2.71. The Hall–Kier alpha value is -1.35. The van der Waals surface area contributed by atoms with Gasteiger partial charge in [0.15, 0.2) is 0 Å². The second-order valence-corrected chi connectivity index (χ2v) is 5.20. The first-order valence-corrected chi connectivity index (χ1v) is 6.37. The zero-order valence-corrected chi connectivity index (χ0v) is 10.6. The van der Waals surface area contributed by atoms with Crippen LogP contribution < -0.4 is 0 Å². The molecule has 3 heteroatoms. The van der Waals surface area contributed by atoms with E-state index >= 15 is 0 Å². The highest BCUT2D eigenvalue weighted by atomic mass is 15.2. The largest absolute Gasteiger partial charge is 0.330 e. The maximum Gasteiger partial charge on any atom is 0.123 e. The summed E-state index contributed by atoms with van der Waals surface area (Å²) in [5.74, 6) is 2.02. The van der Waals surface area contributed by atoms with E-state index < -0.39 is 0 Å². The Bertz CT molecular complexity index is 529. The lowest BCUT2D eigenvalue weighted by atomic mass is 10.2. The van der Waals surface area contributed by atoms with E-state index in [4.69, 9.17) is 4.98 Å². The molecule has 0 bridgehead atoms. The fourth-order valence-electron chi connectivity index (χ4n) is 2.71. The Morgan fingerprint density at radius 2 is 2.18 bits per heavy atom. The minimum absolute atomic E-state index is 0.838. The molecular formula is C14H19N3. The summed E-state index contributed by atoms with van der Waals surface area (Å²) >= 11 is 0. The summed E-state index contributed by atoms with van der Waals surface area (Å²) in [6, 6.07) is 8.35. The van der Waals surface area contributed by atoms with Crippen LogP contribution in [-0.4, -0.2) is 27.5 Å². The quantitative estimate of drug-likeness (QED) is 0.788. The normalized spacial score (nSPS) is 21.4. The summed E-state index contributed by atoms with van der Waals surface area (Å²) in [5.41, 5.74) is 2.34. The predicted octanol–water partition coefficient (Wildman–Crippen LogP) is 2.42. The third-order valence-corrected chi connectivity index (χ3v) is 3.75. The smallest absolute Gasteiger partial charge is 0.123 e. The van der Waals surface area contributed by atoms with Gasteiger partial charge in [-0.25, -0.2) is 4.98 Å². The van der Waals surface area contributed by atoms with Crippen molar-refractivity contribution in [2.75, 3.05) is 13.1 Å². The van der Waals surface area contributed by atoms with Crippen molar-refractivity contribution < 1.29 is 0 Å². The van der Waals surface area contributed by atoms with Gasteiger partial charge in [0, 0.05) is 13.6 Å². The van der Waals surface area contributed by atoms with Gasteiger partial charge in [-0.3, -0.25) is 4.90 Å². The monoisotopic (exact) mass is 229 g/mol. The van der Waals surface area contributed by atoms with Gasteiger partial charge in [0.1, 0.15) is 5.82 Å². The van der Waals surface area contributed by atoms with Gasteiger partial charge in [-0.1, -0.05) is 19.1 Å². The number of benzene rings is 1. The number of likely N-dealkylation sites (tertiary alicyclic amines) is 1. The van der Waals surface area contributed by atoms with Crippen LogP contribution in [0, 0.1) is 5.92 Å². The molecule has 1 aromatic carbocycles. The lowest BCUT2D eigenvalue weighted by molar-refractivity contribution is 0.309. The Kier molecular flexibility index (Phi) is 2.63. The Morgan fingerprint density at radius 3 is 2.88 bits per heavy atom. The van der Waals surface area contributed by atoms with Gasteiger partial charge in [0.05, 0.1) is 17.6 Å². The van der Waals surface area contributed by atoms with E-state index in [2.05, 4.69) is 47.7 Å². The zero-order chi connectivity index (χ0) is 11.8. The minimum atomic E-state index is 0.838. The molecule has 1 aliphatic rings. The number of aromatic nitrogens is 2. The lowest BCUT2D eigenvalue weighted by Crippen LogP contribution is -2.21. The number of fused-ring (bicyclic) bond motifs is 1. The third kappa shape index (κ3) is 1.95. The van der Waals surface area contributed by atoms with Crippen molar-refractivity contribution in [1.82, 2.24) is 14.5 Å². The Morgan fingerprint density at radius 1 is 1.35 bits per heavy atom. The summed E-state index contributed by atoms with van der Waals surface area (Å²) < 4.78 is 2.22. The predicted molar refractivity (Wildman–Crippen MR) is 69.8 cm³/mol. The highest BCUT2D eigenvalue weighted by Gasteiger charge is 2.20. The van der Waals surface area contributed by atoms with Crippen LogP contribution in [0.5, 0.6) is 0 Å². The van der Waals surface area contributed by atoms with Gasteiger partial charge in [-0.05, 0) is 31.0 Å². The number of aryl methyl sites for hydroxylation is 1. The highest BCUT2D eigenvalue weighted by molar-refractivity contribution is 5.75. The van der Waals surface area contributed by atoms with Crippen molar-refractivity contribution in [3.8, 4) is 0 Å². The minimum Gasteiger partial charge on any atom is -0.330 e. The zero-order valence-electron chi connectivity index (χ0n) is 10.6. The van der Waals surface area contributed by atoms with Crippen molar-refractivity contribution in [2.45, 2.75) is 19.9 Å². The summed E-state index contributed by atoms with van der Waals surface area (Å²) in [4.78, 5) is 7.23. The second kappa shape index (κ2) is 4.15. The fraction of sp³-hybridized carbons (Fsp3) is 0.500.